The second-order valence-corrected chi connectivity index (χ2v) is 4.58. The number of nitrogens with zero attached hydrogens (tertiary/aromatic N) is 1. The van der Waals surface area contributed by atoms with Gasteiger partial charge in [0.15, 0.2) is 5.96 Å². The maximum atomic E-state index is 12.1. The van der Waals surface area contributed by atoms with Crippen LogP contribution >= 0.6 is 0 Å². The van der Waals surface area contributed by atoms with Gasteiger partial charge in [-0.25, -0.2) is 0 Å². The Hall–Kier alpha value is -1.89. The molecule has 2 unspecified atom stereocenters. The molecule has 1 aliphatic rings. The summed E-state index contributed by atoms with van der Waals surface area (Å²) in [6.07, 6.45) is -0.836. The summed E-state index contributed by atoms with van der Waals surface area (Å²) in [6.45, 7) is 0.0473. The molecule has 0 fully saturated rings. The molecule has 0 saturated carbocycles. The molecule has 2 rings (SSSR count). The number of ether oxygens (including phenoxy) is 1. The minimum atomic E-state index is -2.88. The minimum absolute atomic E-state index is 0.0292. The lowest BCUT2D eigenvalue weighted by Crippen LogP contribution is -2.39. The highest BCUT2D eigenvalue weighted by molar-refractivity contribution is 5.81. The van der Waals surface area contributed by atoms with E-state index < -0.39 is 12.7 Å². The second-order valence-electron chi connectivity index (χ2n) is 4.58. The normalized spacial score (nSPS) is 19.4. The maximum Gasteiger partial charge on any atom is 0.387 e. The van der Waals surface area contributed by atoms with Crippen molar-refractivity contribution in [2.45, 2.75) is 25.7 Å². The maximum absolute atomic E-state index is 12.1. The van der Waals surface area contributed by atoms with Crippen molar-refractivity contribution < 1.29 is 18.6 Å². The molecule has 0 aliphatic carbocycles. The molecule has 5 nitrogen and oxygen atoms in total. The van der Waals surface area contributed by atoms with E-state index in [0.29, 0.717) is 18.1 Å². The predicted molar refractivity (Wildman–Crippen MR) is 70.9 cm³/mol. The first kappa shape index (κ1) is 14.5. The molecular weight excluding hydrogens is 268 g/mol. The highest BCUT2D eigenvalue weighted by atomic mass is 19.3. The zero-order valence-corrected chi connectivity index (χ0v) is 11.0. The van der Waals surface area contributed by atoms with Crippen molar-refractivity contribution >= 4 is 5.96 Å². The summed E-state index contributed by atoms with van der Waals surface area (Å²) in [5.74, 6) is 0.665. The molecule has 20 heavy (non-hydrogen) atoms. The SMILES string of the molecule is CC1CN=C(NCC(O)c2cccc(OC(F)F)c2)N1. The van der Waals surface area contributed by atoms with Gasteiger partial charge in [0.2, 0.25) is 0 Å². The Kier molecular flexibility index (Phi) is 4.73. The van der Waals surface area contributed by atoms with Crippen LogP contribution in [0.5, 0.6) is 5.75 Å². The quantitative estimate of drug-likeness (QED) is 0.762. The summed E-state index contributed by atoms with van der Waals surface area (Å²) in [5.41, 5.74) is 0.502. The van der Waals surface area contributed by atoms with Gasteiger partial charge in [0.1, 0.15) is 5.75 Å². The van der Waals surface area contributed by atoms with Crippen molar-refractivity contribution in [1.29, 1.82) is 0 Å². The number of halogens is 2. The average molecular weight is 285 g/mol. The third-order valence-electron chi connectivity index (χ3n) is 2.84. The molecule has 0 bridgehead atoms. The van der Waals surface area contributed by atoms with Crippen LogP contribution in [0.25, 0.3) is 0 Å². The van der Waals surface area contributed by atoms with Crippen LogP contribution < -0.4 is 15.4 Å². The van der Waals surface area contributed by atoms with Gasteiger partial charge in [0, 0.05) is 12.6 Å². The first-order chi connectivity index (χ1) is 9.54. The molecule has 0 spiro atoms. The molecule has 0 aromatic heterocycles. The van der Waals surface area contributed by atoms with E-state index in [1.807, 2.05) is 6.92 Å². The molecule has 3 N–H and O–H groups in total. The number of hydrogen-bond donors (Lipinski definition) is 3. The summed E-state index contributed by atoms with van der Waals surface area (Å²) in [4.78, 5) is 4.20. The van der Waals surface area contributed by atoms with Crippen LogP contribution in [0, 0.1) is 0 Å². The molecular formula is C13H17F2N3O2. The number of hydrogen-bond acceptors (Lipinski definition) is 5. The van der Waals surface area contributed by atoms with Crippen molar-refractivity contribution in [3.63, 3.8) is 0 Å². The van der Waals surface area contributed by atoms with Crippen molar-refractivity contribution in [3.05, 3.63) is 29.8 Å². The molecule has 2 atom stereocenters. The number of alkyl halides is 2. The smallest absolute Gasteiger partial charge is 0.387 e. The van der Waals surface area contributed by atoms with Crippen molar-refractivity contribution in [1.82, 2.24) is 10.6 Å². The van der Waals surface area contributed by atoms with E-state index in [9.17, 15) is 13.9 Å². The van der Waals surface area contributed by atoms with E-state index in [2.05, 4.69) is 20.4 Å². The summed E-state index contributed by atoms with van der Waals surface area (Å²) >= 11 is 0. The van der Waals surface area contributed by atoms with Gasteiger partial charge in [0.25, 0.3) is 0 Å². The van der Waals surface area contributed by atoms with Crippen LogP contribution in [-0.2, 0) is 0 Å². The number of aliphatic hydroxyl groups is 1. The van der Waals surface area contributed by atoms with E-state index in [4.69, 9.17) is 0 Å². The van der Waals surface area contributed by atoms with E-state index in [-0.39, 0.29) is 18.3 Å². The molecule has 110 valence electrons. The Morgan fingerprint density at radius 2 is 2.35 bits per heavy atom. The third-order valence-corrected chi connectivity index (χ3v) is 2.84. The summed E-state index contributed by atoms with van der Waals surface area (Å²) < 4.78 is 28.5. The lowest BCUT2D eigenvalue weighted by atomic mass is 10.1. The Morgan fingerprint density at radius 3 is 3.00 bits per heavy atom. The van der Waals surface area contributed by atoms with Gasteiger partial charge < -0.3 is 20.5 Å². The second kappa shape index (κ2) is 6.51. The van der Waals surface area contributed by atoms with Gasteiger partial charge in [-0.15, -0.1) is 0 Å². The Bertz CT molecular complexity index is 482. The van der Waals surface area contributed by atoms with Crippen LogP contribution in [0.15, 0.2) is 29.3 Å². The number of rotatable bonds is 5. The minimum Gasteiger partial charge on any atom is -0.435 e. The fourth-order valence-corrected chi connectivity index (χ4v) is 1.87. The number of nitrogens with one attached hydrogen (secondary N) is 2. The first-order valence-electron chi connectivity index (χ1n) is 6.32. The Labute approximate surface area is 115 Å². The molecule has 1 heterocycles. The summed E-state index contributed by atoms with van der Waals surface area (Å²) in [7, 11) is 0. The fourth-order valence-electron chi connectivity index (χ4n) is 1.87. The van der Waals surface area contributed by atoms with Crippen molar-refractivity contribution in [3.8, 4) is 5.75 Å². The van der Waals surface area contributed by atoms with Crippen LogP contribution in [0.1, 0.15) is 18.6 Å². The van der Waals surface area contributed by atoms with Crippen LogP contribution in [-0.4, -0.2) is 36.8 Å². The summed E-state index contributed by atoms with van der Waals surface area (Å²) in [6, 6.07) is 6.30. The van der Waals surface area contributed by atoms with Gasteiger partial charge in [-0.3, -0.25) is 4.99 Å². The molecule has 1 aromatic carbocycles. The highest BCUT2D eigenvalue weighted by Gasteiger charge is 2.15. The number of aliphatic imine (C=N–C) groups is 1. The summed E-state index contributed by atoms with van der Waals surface area (Å²) in [5, 5.41) is 16.1. The fraction of sp³-hybridized carbons (Fsp3) is 0.462. The number of aliphatic hydroxyl groups excluding tert-OH is 1. The average Bonchev–Trinajstić information content (AvgIpc) is 2.81. The third kappa shape index (κ3) is 4.06. The number of guanidine groups is 1. The predicted octanol–water partition coefficient (Wildman–Crippen LogP) is 1.26. The highest BCUT2D eigenvalue weighted by Crippen LogP contribution is 2.20. The zero-order valence-electron chi connectivity index (χ0n) is 11.0. The monoisotopic (exact) mass is 285 g/mol. The molecule has 1 aliphatic heterocycles. The standard InChI is InChI=1S/C13H17F2N3O2/c1-8-6-16-13(18-8)17-7-11(19)9-3-2-4-10(5-9)20-12(14)15/h2-5,8,11-12,19H,6-7H2,1H3,(H2,16,17,18). The molecule has 0 saturated heterocycles. The van der Waals surface area contributed by atoms with E-state index in [0.717, 1.165) is 0 Å². The molecule has 0 amide bonds. The molecule has 7 heteroatoms. The van der Waals surface area contributed by atoms with E-state index in [1.54, 1.807) is 12.1 Å². The van der Waals surface area contributed by atoms with Crippen LogP contribution in [0.3, 0.4) is 0 Å². The van der Waals surface area contributed by atoms with E-state index in [1.165, 1.54) is 12.1 Å². The van der Waals surface area contributed by atoms with Crippen LogP contribution in [0.2, 0.25) is 0 Å². The first-order valence-corrected chi connectivity index (χ1v) is 6.32. The lowest BCUT2D eigenvalue weighted by molar-refractivity contribution is -0.0499. The van der Waals surface area contributed by atoms with Gasteiger partial charge in [-0.2, -0.15) is 8.78 Å². The van der Waals surface area contributed by atoms with Gasteiger partial charge >= 0.3 is 6.61 Å². The van der Waals surface area contributed by atoms with Crippen molar-refractivity contribution in [2.24, 2.45) is 4.99 Å². The Morgan fingerprint density at radius 1 is 1.55 bits per heavy atom. The topological polar surface area (TPSA) is 65.9 Å². The van der Waals surface area contributed by atoms with Gasteiger partial charge in [-0.1, -0.05) is 12.1 Å². The molecule has 1 aromatic rings. The van der Waals surface area contributed by atoms with E-state index >= 15 is 0 Å². The molecule has 0 radical (unpaired) electrons. The van der Waals surface area contributed by atoms with Crippen molar-refractivity contribution in [2.75, 3.05) is 13.1 Å². The zero-order chi connectivity index (χ0) is 14.5. The Balaban J connectivity index is 1.90. The van der Waals surface area contributed by atoms with Gasteiger partial charge in [0.05, 0.1) is 12.6 Å². The van der Waals surface area contributed by atoms with Gasteiger partial charge in [-0.05, 0) is 24.6 Å². The lowest BCUT2D eigenvalue weighted by Gasteiger charge is -2.15. The number of benzene rings is 1. The largest absolute Gasteiger partial charge is 0.435 e. The van der Waals surface area contributed by atoms with Crippen LogP contribution in [0.4, 0.5) is 8.78 Å².